The van der Waals surface area contributed by atoms with Crippen LogP contribution in [0.4, 0.5) is 0 Å². The minimum Gasteiger partial charge on any atom is -0.494 e. The first-order valence-corrected chi connectivity index (χ1v) is 11.2. The lowest BCUT2D eigenvalue weighted by Crippen LogP contribution is -2.26. The fraction of sp³-hybridized carbons (Fsp3) is 0.192. The predicted octanol–water partition coefficient (Wildman–Crippen LogP) is 2.99. The molecule has 0 atom stereocenters. The van der Waals surface area contributed by atoms with Crippen molar-refractivity contribution in [1.29, 1.82) is 0 Å². The van der Waals surface area contributed by atoms with E-state index in [-0.39, 0.29) is 24.3 Å². The van der Waals surface area contributed by atoms with Crippen molar-refractivity contribution in [3.05, 3.63) is 111 Å². The number of fused-ring (bicyclic) bond motifs is 1. The highest BCUT2D eigenvalue weighted by atomic mass is 16.5. The average molecular weight is 472 g/mol. The van der Waals surface area contributed by atoms with Gasteiger partial charge >= 0.3 is 0 Å². The Morgan fingerprint density at radius 2 is 1.74 bits per heavy atom. The maximum atomic E-state index is 13.7. The number of pyridine rings is 1. The lowest BCUT2D eigenvalue weighted by molar-refractivity contribution is 0.103. The van der Waals surface area contributed by atoms with Crippen molar-refractivity contribution >= 4 is 10.9 Å². The average Bonchev–Trinajstić information content (AvgIpc) is 3.43. The Bertz CT molecular complexity index is 1590. The van der Waals surface area contributed by atoms with Gasteiger partial charge in [-0.2, -0.15) is 5.10 Å². The van der Waals surface area contributed by atoms with Crippen LogP contribution in [0.15, 0.2) is 82.5 Å². The van der Waals surface area contributed by atoms with E-state index in [1.807, 2.05) is 61.8 Å². The number of H-pyrrole nitrogens is 1. The highest BCUT2D eigenvalue weighted by Gasteiger charge is 2.20. The zero-order chi connectivity index (χ0) is 24.4. The topological polar surface area (TPSA) is 96.1 Å². The van der Waals surface area contributed by atoms with Gasteiger partial charge < -0.3 is 14.0 Å². The second-order valence-electron chi connectivity index (χ2n) is 8.19. The lowest BCUT2D eigenvalue weighted by atomic mass is 10.2. The van der Waals surface area contributed by atoms with Gasteiger partial charge in [-0.25, -0.2) is 4.68 Å². The summed E-state index contributed by atoms with van der Waals surface area (Å²) in [6.07, 6.45) is 1.81. The van der Waals surface area contributed by atoms with E-state index >= 15 is 0 Å². The Hall–Kier alpha value is -4.37. The Balaban J connectivity index is 1.63. The van der Waals surface area contributed by atoms with E-state index < -0.39 is 0 Å². The summed E-state index contributed by atoms with van der Waals surface area (Å²) in [5, 5.41) is 7.87. The van der Waals surface area contributed by atoms with E-state index in [4.69, 9.17) is 9.47 Å². The van der Waals surface area contributed by atoms with Gasteiger partial charge in [-0.3, -0.25) is 19.4 Å². The van der Waals surface area contributed by atoms with Gasteiger partial charge in [-0.1, -0.05) is 42.5 Å². The van der Waals surface area contributed by atoms with Crippen molar-refractivity contribution in [2.24, 2.45) is 7.05 Å². The Kier molecular flexibility index (Phi) is 6.07. The monoisotopic (exact) mass is 471 g/mol. The molecule has 0 bridgehead atoms. The van der Waals surface area contributed by atoms with E-state index in [0.717, 1.165) is 5.56 Å². The Labute approximate surface area is 200 Å². The van der Waals surface area contributed by atoms with Gasteiger partial charge in [0.15, 0.2) is 0 Å². The molecule has 0 fully saturated rings. The zero-order valence-corrected chi connectivity index (χ0v) is 19.5. The number of aromatic nitrogens is 5. The third-order valence-electron chi connectivity index (χ3n) is 5.83. The minimum atomic E-state index is -0.294. The van der Waals surface area contributed by atoms with Crippen molar-refractivity contribution < 1.29 is 9.47 Å². The molecule has 9 nitrogen and oxygen atoms in total. The van der Waals surface area contributed by atoms with Crippen LogP contribution in [0, 0.1) is 0 Å². The van der Waals surface area contributed by atoms with Gasteiger partial charge in [-0.05, 0) is 23.8 Å². The summed E-state index contributed by atoms with van der Waals surface area (Å²) in [5.41, 5.74) is 2.63. The second-order valence-corrected chi connectivity index (χ2v) is 8.19. The van der Waals surface area contributed by atoms with Crippen LogP contribution in [-0.4, -0.2) is 31.2 Å². The normalized spacial score (nSPS) is 11.3. The van der Waals surface area contributed by atoms with E-state index in [9.17, 15) is 9.59 Å². The molecule has 0 unspecified atom stereocenters. The van der Waals surface area contributed by atoms with Crippen molar-refractivity contribution in [2.45, 2.75) is 19.8 Å². The van der Waals surface area contributed by atoms with Gasteiger partial charge in [-0.15, -0.1) is 0 Å². The lowest BCUT2D eigenvalue weighted by Gasteiger charge is -2.13. The van der Waals surface area contributed by atoms with Gasteiger partial charge in [0.2, 0.25) is 0 Å². The van der Waals surface area contributed by atoms with E-state index in [1.165, 1.54) is 10.7 Å². The fourth-order valence-electron chi connectivity index (χ4n) is 4.16. The summed E-state index contributed by atoms with van der Waals surface area (Å²) in [6, 6.07) is 20.2. The van der Waals surface area contributed by atoms with Gasteiger partial charge in [0.1, 0.15) is 11.4 Å². The zero-order valence-electron chi connectivity index (χ0n) is 19.5. The maximum absolute atomic E-state index is 13.7. The van der Waals surface area contributed by atoms with Gasteiger partial charge in [0.05, 0.1) is 49.2 Å². The third kappa shape index (κ3) is 4.41. The molecule has 0 amide bonds. The van der Waals surface area contributed by atoms with Crippen molar-refractivity contribution in [1.82, 2.24) is 24.1 Å². The molecule has 0 saturated heterocycles. The molecule has 178 valence electrons. The summed E-state index contributed by atoms with van der Waals surface area (Å²) in [6.45, 7) is 0.645. The number of nitrogens with one attached hydrogen (secondary N) is 1. The summed E-state index contributed by atoms with van der Waals surface area (Å²) < 4.78 is 16.1. The molecule has 5 aromatic rings. The van der Waals surface area contributed by atoms with Crippen LogP contribution < -0.4 is 15.9 Å². The molecular weight excluding hydrogens is 446 g/mol. The maximum Gasteiger partial charge on any atom is 0.281 e. The van der Waals surface area contributed by atoms with Crippen LogP contribution in [0.25, 0.3) is 16.6 Å². The van der Waals surface area contributed by atoms with E-state index in [1.54, 1.807) is 28.5 Å². The summed E-state index contributed by atoms with van der Waals surface area (Å²) in [7, 11) is 3.36. The second kappa shape index (κ2) is 9.47. The molecule has 0 aliphatic carbocycles. The number of rotatable bonds is 8. The molecule has 5 rings (SSSR count). The van der Waals surface area contributed by atoms with Crippen molar-refractivity contribution in [3.8, 4) is 11.4 Å². The molecule has 1 N–H and O–H groups in total. The molecule has 0 aliphatic heterocycles. The molecule has 3 heterocycles. The molecule has 0 radical (unpaired) electrons. The van der Waals surface area contributed by atoms with Crippen LogP contribution in [0.2, 0.25) is 0 Å². The Morgan fingerprint density at radius 1 is 0.971 bits per heavy atom. The SMILES string of the molecule is COc1ccccc1-n1[nH]c2cc(=O)n(Cc3ccn(C)n3)c(COCc3ccccc3)c2c1=O. The van der Waals surface area contributed by atoms with Crippen molar-refractivity contribution in [2.75, 3.05) is 7.11 Å². The predicted molar refractivity (Wildman–Crippen MR) is 132 cm³/mol. The first kappa shape index (κ1) is 22.4. The number of methoxy groups -OCH3 is 1. The third-order valence-corrected chi connectivity index (χ3v) is 5.83. The summed E-state index contributed by atoms with van der Waals surface area (Å²) in [5.74, 6) is 0.534. The van der Waals surface area contributed by atoms with Crippen LogP contribution in [0.3, 0.4) is 0 Å². The van der Waals surface area contributed by atoms with Crippen LogP contribution in [0.1, 0.15) is 17.0 Å². The number of ether oxygens (including phenoxy) is 2. The first-order chi connectivity index (χ1) is 17.0. The standard InChI is InChI=1S/C26H25N5O4/c1-29-13-12-19(27-29)15-30-22(17-35-16-18-8-4-3-5-9-18)25-20(14-24(30)32)28-31(26(25)33)21-10-6-7-11-23(21)34-2/h3-14,28H,15-17H2,1-2H3. The molecular formula is C26H25N5O4. The minimum absolute atomic E-state index is 0.0767. The number of hydrogen-bond donors (Lipinski definition) is 1. The van der Waals surface area contributed by atoms with Crippen LogP contribution in [0.5, 0.6) is 5.75 Å². The van der Waals surface area contributed by atoms with Gasteiger partial charge in [0, 0.05) is 19.3 Å². The largest absolute Gasteiger partial charge is 0.494 e. The summed E-state index contributed by atoms with van der Waals surface area (Å²) in [4.78, 5) is 26.9. The molecule has 0 saturated carbocycles. The smallest absolute Gasteiger partial charge is 0.281 e. The molecule has 35 heavy (non-hydrogen) atoms. The first-order valence-electron chi connectivity index (χ1n) is 11.2. The number of para-hydroxylation sites is 2. The molecule has 0 aliphatic rings. The van der Waals surface area contributed by atoms with E-state index in [2.05, 4.69) is 10.2 Å². The van der Waals surface area contributed by atoms with Gasteiger partial charge in [0.25, 0.3) is 11.1 Å². The highest BCUT2D eigenvalue weighted by molar-refractivity contribution is 5.81. The Morgan fingerprint density at radius 3 is 2.49 bits per heavy atom. The van der Waals surface area contributed by atoms with Crippen molar-refractivity contribution in [3.63, 3.8) is 0 Å². The number of nitrogens with zero attached hydrogens (tertiary/aromatic N) is 4. The fourth-order valence-corrected chi connectivity index (χ4v) is 4.16. The molecule has 2 aromatic carbocycles. The van der Waals surface area contributed by atoms with E-state index in [0.29, 0.717) is 40.3 Å². The quantitative estimate of drug-likeness (QED) is 0.375. The molecule has 9 heteroatoms. The number of aromatic amines is 1. The highest BCUT2D eigenvalue weighted by Crippen LogP contribution is 2.22. The number of aryl methyl sites for hydroxylation is 1. The number of benzene rings is 2. The van der Waals surface area contributed by atoms with Crippen LogP contribution >= 0.6 is 0 Å². The molecule has 3 aromatic heterocycles. The summed E-state index contributed by atoms with van der Waals surface area (Å²) >= 11 is 0. The molecule has 0 spiro atoms. The number of hydrogen-bond acceptors (Lipinski definition) is 5. The van der Waals surface area contributed by atoms with Crippen LogP contribution in [-0.2, 0) is 31.5 Å².